The summed E-state index contributed by atoms with van der Waals surface area (Å²) in [5.41, 5.74) is -0.519. The molecule has 0 aliphatic carbocycles. The first-order valence-corrected chi connectivity index (χ1v) is 4.26. The molecule has 0 bridgehead atoms. The predicted molar refractivity (Wildman–Crippen MR) is 42.4 cm³/mol. The Labute approximate surface area is 75.3 Å². The molecule has 6 heteroatoms. The second-order valence-electron chi connectivity index (χ2n) is 2.20. The molecule has 70 valence electrons. The van der Waals surface area contributed by atoms with Crippen molar-refractivity contribution in [3.05, 3.63) is 29.6 Å². The van der Waals surface area contributed by atoms with Crippen molar-refractivity contribution in [3.8, 4) is 0 Å². The van der Waals surface area contributed by atoms with Crippen molar-refractivity contribution >= 4 is 17.0 Å². The molecule has 0 saturated carbocycles. The fourth-order valence-corrected chi connectivity index (χ4v) is 1.17. The number of rotatable bonds is 2. The lowest BCUT2D eigenvalue weighted by atomic mass is 10.2. The first kappa shape index (κ1) is 9.82. The van der Waals surface area contributed by atoms with Gasteiger partial charge in [0.15, 0.2) is 11.1 Å². The summed E-state index contributed by atoms with van der Waals surface area (Å²) in [4.78, 5) is 10.2. The Kier molecular flexibility index (Phi) is 2.74. The number of carboxylic acids is 1. The van der Waals surface area contributed by atoms with Crippen LogP contribution in [0.4, 0.5) is 4.39 Å². The van der Waals surface area contributed by atoms with Gasteiger partial charge in [0.2, 0.25) is 0 Å². The number of carbonyl (C=O) groups is 1. The summed E-state index contributed by atoms with van der Waals surface area (Å²) in [5, 5.41) is 8.42. The number of carboxylic acid groups (broad SMARTS) is 1. The summed E-state index contributed by atoms with van der Waals surface area (Å²) >= 11 is -2.29. The summed E-state index contributed by atoms with van der Waals surface area (Å²) in [7, 11) is 0. The van der Waals surface area contributed by atoms with E-state index >= 15 is 0 Å². The van der Waals surface area contributed by atoms with E-state index in [1.54, 1.807) is 0 Å². The first-order valence-electron chi connectivity index (χ1n) is 3.16. The van der Waals surface area contributed by atoms with E-state index in [1.807, 2.05) is 0 Å². The number of halogens is 1. The molecule has 0 amide bonds. The highest BCUT2D eigenvalue weighted by Crippen LogP contribution is 2.12. The van der Waals surface area contributed by atoms with Crippen molar-refractivity contribution in [2.45, 2.75) is 4.90 Å². The van der Waals surface area contributed by atoms with Crippen LogP contribution in [-0.4, -0.2) is 19.8 Å². The van der Waals surface area contributed by atoms with Crippen LogP contribution in [0.25, 0.3) is 0 Å². The van der Waals surface area contributed by atoms with Gasteiger partial charge in [-0.05, 0) is 18.2 Å². The van der Waals surface area contributed by atoms with E-state index in [9.17, 15) is 13.4 Å². The van der Waals surface area contributed by atoms with Crippen molar-refractivity contribution in [3.63, 3.8) is 0 Å². The molecule has 0 aliphatic heterocycles. The van der Waals surface area contributed by atoms with E-state index in [-0.39, 0.29) is 4.90 Å². The molecule has 0 spiro atoms. The van der Waals surface area contributed by atoms with Crippen LogP contribution in [0.1, 0.15) is 10.4 Å². The molecule has 13 heavy (non-hydrogen) atoms. The van der Waals surface area contributed by atoms with Crippen molar-refractivity contribution in [1.29, 1.82) is 0 Å². The van der Waals surface area contributed by atoms with Gasteiger partial charge in [0, 0.05) is 0 Å². The van der Waals surface area contributed by atoms with Gasteiger partial charge in [0.25, 0.3) is 0 Å². The maximum atomic E-state index is 12.8. The zero-order chi connectivity index (χ0) is 10.0. The van der Waals surface area contributed by atoms with Crippen LogP contribution in [0.15, 0.2) is 23.1 Å². The molecule has 0 fully saturated rings. The standard InChI is InChI=1S/C7H5FO4S/c8-6-3-4(13(11)12)1-2-5(6)7(9)10/h1-3H,(H,9,10)(H,11,12). The van der Waals surface area contributed by atoms with Gasteiger partial charge < -0.3 is 9.66 Å². The fourth-order valence-electron chi connectivity index (χ4n) is 0.778. The van der Waals surface area contributed by atoms with Crippen LogP contribution in [-0.2, 0) is 11.1 Å². The minimum absolute atomic E-state index is 0.164. The summed E-state index contributed by atoms with van der Waals surface area (Å²) in [6.45, 7) is 0. The Morgan fingerprint density at radius 3 is 2.46 bits per heavy atom. The molecule has 0 saturated heterocycles. The Morgan fingerprint density at radius 1 is 1.46 bits per heavy atom. The Hall–Kier alpha value is -1.27. The molecule has 1 unspecified atom stereocenters. The van der Waals surface area contributed by atoms with Crippen molar-refractivity contribution in [2.75, 3.05) is 0 Å². The van der Waals surface area contributed by atoms with E-state index in [0.29, 0.717) is 0 Å². The molecule has 2 N–H and O–H groups in total. The van der Waals surface area contributed by atoms with Crippen LogP contribution < -0.4 is 0 Å². The summed E-state index contributed by atoms with van der Waals surface area (Å²) in [5.74, 6) is -2.43. The number of benzene rings is 1. The monoisotopic (exact) mass is 204 g/mol. The van der Waals surface area contributed by atoms with E-state index in [0.717, 1.165) is 18.2 Å². The van der Waals surface area contributed by atoms with E-state index in [4.69, 9.17) is 9.66 Å². The Morgan fingerprint density at radius 2 is 2.08 bits per heavy atom. The molecule has 0 aliphatic rings. The molecular weight excluding hydrogens is 199 g/mol. The minimum atomic E-state index is -2.29. The van der Waals surface area contributed by atoms with E-state index in [1.165, 1.54) is 0 Å². The Balaban J connectivity index is 3.20. The third-order valence-corrected chi connectivity index (χ3v) is 2.03. The van der Waals surface area contributed by atoms with Crippen molar-refractivity contribution in [1.82, 2.24) is 0 Å². The van der Waals surface area contributed by atoms with Gasteiger partial charge in [-0.1, -0.05) is 0 Å². The lowest BCUT2D eigenvalue weighted by Gasteiger charge is -1.98. The number of hydrogen-bond acceptors (Lipinski definition) is 2. The van der Waals surface area contributed by atoms with E-state index < -0.39 is 28.4 Å². The van der Waals surface area contributed by atoms with Gasteiger partial charge in [0.05, 0.1) is 10.5 Å². The highest BCUT2D eigenvalue weighted by atomic mass is 32.2. The average molecular weight is 204 g/mol. The molecule has 1 aromatic carbocycles. The van der Waals surface area contributed by atoms with Gasteiger partial charge in [-0.2, -0.15) is 0 Å². The lowest BCUT2D eigenvalue weighted by Crippen LogP contribution is -2.01. The van der Waals surface area contributed by atoms with E-state index in [2.05, 4.69) is 0 Å². The Bertz CT molecular complexity index is 377. The third-order valence-electron chi connectivity index (χ3n) is 1.37. The average Bonchev–Trinajstić information content (AvgIpc) is 2.03. The largest absolute Gasteiger partial charge is 0.478 e. The maximum absolute atomic E-state index is 12.8. The number of aromatic carboxylic acids is 1. The molecule has 1 atom stereocenters. The van der Waals surface area contributed by atoms with Crippen LogP contribution in [0.2, 0.25) is 0 Å². The van der Waals surface area contributed by atoms with Crippen molar-refractivity contribution < 1.29 is 23.1 Å². The van der Waals surface area contributed by atoms with Gasteiger partial charge in [-0.25, -0.2) is 13.4 Å². The van der Waals surface area contributed by atoms with Crippen molar-refractivity contribution in [2.24, 2.45) is 0 Å². The topological polar surface area (TPSA) is 74.6 Å². The quantitative estimate of drug-likeness (QED) is 0.707. The molecule has 0 aromatic heterocycles. The normalized spacial score (nSPS) is 12.5. The fraction of sp³-hybridized carbons (Fsp3) is 0. The smallest absolute Gasteiger partial charge is 0.338 e. The molecular formula is C7H5FO4S. The van der Waals surface area contributed by atoms with Crippen LogP contribution in [0.3, 0.4) is 0 Å². The third kappa shape index (κ3) is 2.10. The predicted octanol–water partition coefficient (Wildman–Crippen LogP) is 1.10. The second-order valence-corrected chi connectivity index (χ2v) is 3.17. The summed E-state index contributed by atoms with van der Waals surface area (Å²) in [6, 6.07) is 2.75. The zero-order valence-corrected chi connectivity index (χ0v) is 7.05. The molecule has 4 nitrogen and oxygen atoms in total. The van der Waals surface area contributed by atoms with Crippen LogP contribution in [0.5, 0.6) is 0 Å². The SMILES string of the molecule is O=C(O)c1ccc(S(=O)O)cc1F. The molecule has 1 rings (SSSR count). The molecule has 0 radical (unpaired) electrons. The zero-order valence-electron chi connectivity index (χ0n) is 6.23. The van der Waals surface area contributed by atoms with Gasteiger partial charge in [-0.3, -0.25) is 0 Å². The van der Waals surface area contributed by atoms with Gasteiger partial charge in [0.1, 0.15) is 5.82 Å². The van der Waals surface area contributed by atoms with Gasteiger partial charge in [-0.15, -0.1) is 0 Å². The summed E-state index contributed by atoms with van der Waals surface area (Å²) in [6.07, 6.45) is 0. The van der Waals surface area contributed by atoms with Gasteiger partial charge >= 0.3 is 5.97 Å². The maximum Gasteiger partial charge on any atom is 0.338 e. The second kappa shape index (κ2) is 3.63. The molecule has 1 aromatic rings. The highest BCUT2D eigenvalue weighted by Gasteiger charge is 2.11. The minimum Gasteiger partial charge on any atom is -0.478 e. The highest BCUT2D eigenvalue weighted by molar-refractivity contribution is 7.79. The van der Waals surface area contributed by atoms with Crippen LogP contribution in [0, 0.1) is 5.82 Å². The number of hydrogen-bond donors (Lipinski definition) is 2. The first-order chi connectivity index (χ1) is 6.02. The lowest BCUT2D eigenvalue weighted by molar-refractivity contribution is 0.0691. The summed E-state index contributed by atoms with van der Waals surface area (Å²) < 4.78 is 31.8. The molecule has 0 heterocycles. The van der Waals surface area contributed by atoms with Crippen LogP contribution >= 0.6 is 0 Å².